The molecular formula is C11H13Br2NO4S2. The lowest BCUT2D eigenvalue weighted by Crippen LogP contribution is -2.57. The Morgan fingerprint density at radius 1 is 1.45 bits per heavy atom. The highest BCUT2D eigenvalue weighted by molar-refractivity contribution is 9.12. The normalized spacial score (nSPS) is 24.8. The molecule has 1 fully saturated rings. The van der Waals surface area contributed by atoms with Crippen LogP contribution in [0.25, 0.3) is 0 Å². The number of sulfonamides is 1. The summed E-state index contributed by atoms with van der Waals surface area (Å²) in [6, 6.07) is 1.50. The first kappa shape index (κ1) is 16.4. The molecule has 2 rings (SSSR count). The van der Waals surface area contributed by atoms with Gasteiger partial charge in [0.15, 0.2) is 0 Å². The van der Waals surface area contributed by atoms with E-state index in [1.807, 2.05) is 0 Å². The van der Waals surface area contributed by atoms with E-state index in [2.05, 4.69) is 31.9 Å². The van der Waals surface area contributed by atoms with Crippen LogP contribution < -0.4 is 0 Å². The lowest BCUT2D eigenvalue weighted by atomic mass is 9.91. The average Bonchev–Trinajstić information content (AvgIpc) is 2.69. The number of carboxylic acids is 1. The molecule has 1 aliphatic rings. The van der Waals surface area contributed by atoms with Crippen LogP contribution >= 0.6 is 43.2 Å². The molecule has 0 bridgehead atoms. The van der Waals surface area contributed by atoms with Crippen LogP contribution in [0.2, 0.25) is 0 Å². The highest BCUT2D eigenvalue weighted by Crippen LogP contribution is 2.40. The molecule has 0 saturated carbocycles. The predicted octanol–water partition coefficient (Wildman–Crippen LogP) is 3.29. The van der Waals surface area contributed by atoms with Crippen LogP contribution in [-0.4, -0.2) is 35.9 Å². The average molecular weight is 447 g/mol. The Morgan fingerprint density at radius 2 is 2.10 bits per heavy atom. The maximum atomic E-state index is 12.8. The molecule has 1 N–H and O–H groups in total. The minimum Gasteiger partial charge on any atom is -0.480 e. The van der Waals surface area contributed by atoms with Crippen molar-refractivity contribution in [1.29, 1.82) is 0 Å². The molecular weight excluding hydrogens is 434 g/mol. The van der Waals surface area contributed by atoms with E-state index in [0.717, 1.165) is 4.31 Å². The van der Waals surface area contributed by atoms with E-state index in [0.29, 0.717) is 26.8 Å². The molecule has 1 unspecified atom stereocenters. The summed E-state index contributed by atoms with van der Waals surface area (Å²) in [6.07, 6.45) is 1.71. The molecule has 0 amide bonds. The molecule has 0 spiro atoms. The zero-order chi connectivity index (χ0) is 15.1. The summed E-state index contributed by atoms with van der Waals surface area (Å²) in [5.74, 6) is -1.11. The van der Waals surface area contributed by atoms with Gasteiger partial charge in [-0.3, -0.25) is 4.79 Å². The first-order chi connectivity index (χ1) is 9.19. The van der Waals surface area contributed by atoms with Crippen molar-refractivity contribution >= 4 is 59.2 Å². The molecule has 1 atom stereocenters. The molecule has 1 saturated heterocycles. The van der Waals surface area contributed by atoms with Crippen molar-refractivity contribution in [3.63, 3.8) is 0 Å². The summed E-state index contributed by atoms with van der Waals surface area (Å²) >= 11 is 7.72. The standard InChI is InChI=1S/C11H13Br2NO4S2/c1-11(10(15)16)4-2-3-5-14(11)20(17,18)7-6-8(12)19-9(7)13/h6H,2-5H2,1H3,(H,15,16). The molecule has 1 aromatic heterocycles. The number of thiophene rings is 1. The molecule has 20 heavy (non-hydrogen) atoms. The van der Waals surface area contributed by atoms with E-state index < -0.39 is 21.5 Å². The summed E-state index contributed by atoms with van der Waals surface area (Å²) in [7, 11) is -3.84. The van der Waals surface area contributed by atoms with Crippen molar-refractivity contribution in [2.24, 2.45) is 0 Å². The van der Waals surface area contributed by atoms with Gasteiger partial charge in [-0.1, -0.05) is 0 Å². The van der Waals surface area contributed by atoms with E-state index in [1.54, 1.807) is 0 Å². The van der Waals surface area contributed by atoms with Crippen LogP contribution in [0.15, 0.2) is 18.5 Å². The van der Waals surface area contributed by atoms with Crippen LogP contribution in [-0.2, 0) is 14.8 Å². The summed E-state index contributed by atoms with van der Waals surface area (Å²) in [5.41, 5.74) is -1.38. The molecule has 112 valence electrons. The fourth-order valence-corrected chi connectivity index (χ4v) is 7.88. The first-order valence-corrected chi connectivity index (χ1v) is 9.75. The van der Waals surface area contributed by atoms with E-state index in [9.17, 15) is 18.3 Å². The van der Waals surface area contributed by atoms with Crippen molar-refractivity contribution in [1.82, 2.24) is 4.31 Å². The summed E-state index contributed by atoms with van der Waals surface area (Å²) in [6.45, 7) is 1.70. The number of nitrogens with zero attached hydrogens (tertiary/aromatic N) is 1. The molecule has 5 nitrogen and oxygen atoms in total. The highest BCUT2D eigenvalue weighted by atomic mass is 79.9. The minimum atomic E-state index is -3.84. The van der Waals surface area contributed by atoms with Crippen molar-refractivity contribution < 1.29 is 18.3 Å². The quantitative estimate of drug-likeness (QED) is 0.772. The monoisotopic (exact) mass is 445 g/mol. The van der Waals surface area contributed by atoms with Gasteiger partial charge in [-0.2, -0.15) is 4.31 Å². The lowest BCUT2D eigenvalue weighted by Gasteiger charge is -2.40. The number of aliphatic carboxylic acids is 1. The number of piperidine rings is 1. The third kappa shape index (κ3) is 2.70. The van der Waals surface area contributed by atoms with E-state index >= 15 is 0 Å². The van der Waals surface area contributed by atoms with Crippen molar-refractivity contribution in [2.45, 2.75) is 36.6 Å². The smallest absolute Gasteiger partial charge is 0.324 e. The highest BCUT2D eigenvalue weighted by Gasteiger charge is 2.48. The fourth-order valence-electron chi connectivity index (χ4n) is 2.31. The Bertz CT molecular complexity index is 643. The second kappa shape index (κ2) is 5.68. The zero-order valence-electron chi connectivity index (χ0n) is 10.6. The second-order valence-electron chi connectivity index (χ2n) is 4.80. The summed E-state index contributed by atoms with van der Waals surface area (Å²) in [4.78, 5) is 11.6. The third-order valence-electron chi connectivity index (χ3n) is 3.48. The number of carbonyl (C=O) groups is 1. The van der Waals surface area contributed by atoms with Gasteiger partial charge in [0, 0.05) is 6.54 Å². The van der Waals surface area contributed by atoms with Gasteiger partial charge >= 0.3 is 5.97 Å². The maximum absolute atomic E-state index is 12.8. The van der Waals surface area contributed by atoms with Gasteiger partial charge in [-0.05, 0) is 64.1 Å². The van der Waals surface area contributed by atoms with Crippen molar-refractivity contribution in [3.8, 4) is 0 Å². The summed E-state index contributed by atoms with van der Waals surface area (Å²) < 4.78 is 27.8. The van der Waals surface area contributed by atoms with Gasteiger partial charge in [-0.15, -0.1) is 11.3 Å². The van der Waals surface area contributed by atoms with Crippen molar-refractivity contribution in [3.05, 3.63) is 13.6 Å². The van der Waals surface area contributed by atoms with Crippen LogP contribution in [0.1, 0.15) is 26.2 Å². The van der Waals surface area contributed by atoms with E-state index in [4.69, 9.17) is 0 Å². The largest absolute Gasteiger partial charge is 0.480 e. The number of rotatable bonds is 3. The lowest BCUT2D eigenvalue weighted by molar-refractivity contribution is -0.149. The zero-order valence-corrected chi connectivity index (χ0v) is 15.4. The summed E-state index contributed by atoms with van der Waals surface area (Å²) in [5, 5.41) is 9.43. The molecule has 1 aliphatic heterocycles. The van der Waals surface area contributed by atoms with Gasteiger partial charge in [0.05, 0.1) is 7.57 Å². The molecule has 2 heterocycles. The van der Waals surface area contributed by atoms with Gasteiger partial charge in [0.25, 0.3) is 0 Å². The van der Waals surface area contributed by atoms with Crippen LogP contribution in [0.4, 0.5) is 0 Å². The number of hydrogen-bond donors (Lipinski definition) is 1. The fraction of sp³-hybridized carbons (Fsp3) is 0.545. The topological polar surface area (TPSA) is 74.7 Å². The van der Waals surface area contributed by atoms with Gasteiger partial charge in [0.1, 0.15) is 10.4 Å². The Morgan fingerprint density at radius 3 is 2.60 bits per heavy atom. The third-order valence-corrected chi connectivity index (χ3v) is 8.25. The molecule has 1 aromatic rings. The Kier molecular flexibility index (Phi) is 4.66. The number of halogens is 2. The number of hydrogen-bond acceptors (Lipinski definition) is 4. The van der Waals surface area contributed by atoms with Crippen LogP contribution in [0.5, 0.6) is 0 Å². The second-order valence-corrected chi connectivity index (χ2v) is 10.4. The predicted molar refractivity (Wildman–Crippen MR) is 83.5 cm³/mol. The van der Waals surface area contributed by atoms with Crippen molar-refractivity contribution in [2.75, 3.05) is 6.54 Å². The number of carboxylic acid groups (broad SMARTS) is 1. The maximum Gasteiger partial charge on any atom is 0.324 e. The van der Waals surface area contributed by atoms with E-state index in [1.165, 1.54) is 24.3 Å². The molecule has 0 radical (unpaired) electrons. The Labute approximate surface area is 138 Å². The molecule has 0 aliphatic carbocycles. The van der Waals surface area contributed by atoms with E-state index in [-0.39, 0.29) is 11.4 Å². The Hall–Kier alpha value is 0.0400. The Balaban J connectivity index is 2.52. The van der Waals surface area contributed by atoms with Crippen LogP contribution in [0.3, 0.4) is 0 Å². The van der Waals surface area contributed by atoms with Crippen LogP contribution in [0, 0.1) is 0 Å². The first-order valence-electron chi connectivity index (χ1n) is 5.90. The minimum absolute atomic E-state index is 0.115. The SMILES string of the molecule is CC1(C(=O)O)CCCCN1S(=O)(=O)c1cc(Br)sc1Br. The van der Waals surface area contributed by atoms with Gasteiger partial charge < -0.3 is 5.11 Å². The van der Waals surface area contributed by atoms with Gasteiger partial charge in [0.2, 0.25) is 10.0 Å². The van der Waals surface area contributed by atoms with Gasteiger partial charge in [-0.25, -0.2) is 8.42 Å². The molecule has 9 heteroatoms. The molecule has 0 aromatic carbocycles.